The average Bonchev–Trinajstić information content (AvgIpc) is 2.38. The van der Waals surface area contributed by atoms with Gasteiger partial charge in [0.1, 0.15) is 6.10 Å². The molecule has 19 heavy (non-hydrogen) atoms. The van der Waals surface area contributed by atoms with Crippen LogP contribution in [-0.4, -0.2) is 12.7 Å². The number of halogens is 2. The first-order valence-electron chi connectivity index (χ1n) is 6.50. The Hall–Kier alpha value is -1.58. The number of ether oxygens (including phenoxy) is 2. The highest BCUT2D eigenvalue weighted by Crippen LogP contribution is 2.28. The lowest BCUT2D eigenvalue weighted by Gasteiger charge is -2.13. The van der Waals surface area contributed by atoms with Crippen molar-refractivity contribution in [2.45, 2.75) is 39.7 Å². The second-order valence-corrected chi connectivity index (χ2v) is 4.24. The molecule has 1 atom stereocenters. The third kappa shape index (κ3) is 4.54. The van der Waals surface area contributed by atoms with Gasteiger partial charge in [0.2, 0.25) is 11.6 Å². The molecule has 0 aliphatic heterocycles. The van der Waals surface area contributed by atoms with Crippen LogP contribution in [0.5, 0.6) is 11.5 Å². The predicted octanol–water partition coefficient (Wildman–Crippen LogP) is 4.49. The quantitative estimate of drug-likeness (QED) is 0.537. The maximum atomic E-state index is 13.8. The summed E-state index contributed by atoms with van der Waals surface area (Å²) in [5, 5.41) is 0. The summed E-state index contributed by atoms with van der Waals surface area (Å²) in [5.74, 6) is -2.19. The van der Waals surface area contributed by atoms with Crippen LogP contribution in [0.15, 0.2) is 24.3 Å². The molecule has 1 aromatic carbocycles. The number of benzene rings is 1. The zero-order chi connectivity index (χ0) is 14.3. The predicted molar refractivity (Wildman–Crippen MR) is 71.7 cm³/mol. The first-order chi connectivity index (χ1) is 9.10. The zero-order valence-corrected chi connectivity index (χ0v) is 11.6. The topological polar surface area (TPSA) is 18.5 Å². The number of unbranched alkanes of at least 4 members (excludes halogenated alkanes) is 1. The van der Waals surface area contributed by atoms with E-state index in [4.69, 9.17) is 9.47 Å². The van der Waals surface area contributed by atoms with Crippen molar-refractivity contribution in [3.8, 4) is 11.5 Å². The lowest BCUT2D eigenvalue weighted by Crippen LogP contribution is -2.10. The average molecular weight is 270 g/mol. The zero-order valence-electron chi connectivity index (χ0n) is 11.6. The van der Waals surface area contributed by atoms with E-state index in [0.29, 0.717) is 6.61 Å². The Morgan fingerprint density at radius 3 is 2.47 bits per heavy atom. The Bertz CT molecular complexity index is 430. The third-order valence-corrected chi connectivity index (χ3v) is 2.54. The Morgan fingerprint density at radius 1 is 1.21 bits per heavy atom. The molecular formula is C15H20F2O2. The molecule has 0 fully saturated rings. The maximum Gasteiger partial charge on any atom is 0.204 e. The van der Waals surface area contributed by atoms with Crippen molar-refractivity contribution in [3.63, 3.8) is 0 Å². The van der Waals surface area contributed by atoms with E-state index < -0.39 is 11.6 Å². The highest BCUT2D eigenvalue weighted by molar-refractivity contribution is 5.35. The minimum absolute atomic E-state index is 0.0722. The SMILES string of the molecule is C/C=C/C(C)Oc1ccc(OCCCC)c(F)c1F. The molecule has 0 saturated heterocycles. The summed E-state index contributed by atoms with van der Waals surface area (Å²) in [5.41, 5.74) is 0. The number of hydrogen-bond acceptors (Lipinski definition) is 2. The summed E-state index contributed by atoms with van der Waals surface area (Å²) < 4.78 is 38.0. The van der Waals surface area contributed by atoms with Gasteiger partial charge in [-0.25, -0.2) is 0 Å². The summed E-state index contributed by atoms with van der Waals surface area (Å²) >= 11 is 0. The van der Waals surface area contributed by atoms with Crippen LogP contribution in [0.4, 0.5) is 8.78 Å². The minimum atomic E-state index is -1.01. The number of allylic oxidation sites excluding steroid dienone is 1. The molecule has 4 heteroatoms. The molecule has 0 aliphatic carbocycles. The second kappa shape index (κ2) is 7.77. The van der Waals surface area contributed by atoms with Gasteiger partial charge in [-0.3, -0.25) is 0 Å². The smallest absolute Gasteiger partial charge is 0.204 e. The van der Waals surface area contributed by atoms with Crippen molar-refractivity contribution in [1.82, 2.24) is 0 Å². The van der Waals surface area contributed by atoms with Crippen LogP contribution in [0.1, 0.15) is 33.6 Å². The van der Waals surface area contributed by atoms with Gasteiger partial charge in [-0.05, 0) is 38.5 Å². The fraction of sp³-hybridized carbons (Fsp3) is 0.467. The van der Waals surface area contributed by atoms with E-state index in [1.807, 2.05) is 13.8 Å². The van der Waals surface area contributed by atoms with Crippen LogP contribution < -0.4 is 9.47 Å². The molecule has 1 rings (SSSR count). The number of rotatable bonds is 7. The van der Waals surface area contributed by atoms with Gasteiger partial charge in [0, 0.05) is 0 Å². The molecule has 1 unspecified atom stereocenters. The van der Waals surface area contributed by atoms with Gasteiger partial charge in [-0.15, -0.1) is 0 Å². The molecular weight excluding hydrogens is 250 g/mol. The highest BCUT2D eigenvalue weighted by Gasteiger charge is 2.16. The maximum absolute atomic E-state index is 13.8. The van der Waals surface area contributed by atoms with E-state index in [1.165, 1.54) is 12.1 Å². The lowest BCUT2D eigenvalue weighted by atomic mass is 10.2. The summed E-state index contributed by atoms with van der Waals surface area (Å²) in [6.45, 7) is 5.96. The molecule has 0 radical (unpaired) electrons. The summed E-state index contributed by atoms with van der Waals surface area (Å²) in [4.78, 5) is 0. The first kappa shape index (κ1) is 15.5. The summed E-state index contributed by atoms with van der Waals surface area (Å²) in [6, 6.07) is 2.78. The van der Waals surface area contributed by atoms with Crippen LogP contribution in [0, 0.1) is 11.6 Å². The van der Waals surface area contributed by atoms with Gasteiger partial charge in [0.05, 0.1) is 6.61 Å². The first-order valence-corrected chi connectivity index (χ1v) is 6.50. The molecule has 1 aromatic rings. The van der Waals surface area contributed by atoms with Crippen molar-refractivity contribution in [2.75, 3.05) is 6.61 Å². The Balaban J connectivity index is 2.79. The fourth-order valence-corrected chi connectivity index (χ4v) is 1.55. The molecule has 106 valence electrons. The Labute approximate surface area is 113 Å². The van der Waals surface area contributed by atoms with Crippen LogP contribution >= 0.6 is 0 Å². The van der Waals surface area contributed by atoms with Crippen LogP contribution in [-0.2, 0) is 0 Å². The largest absolute Gasteiger partial charge is 0.490 e. The van der Waals surface area contributed by atoms with Crippen LogP contribution in [0.3, 0.4) is 0 Å². The number of hydrogen-bond donors (Lipinski definition) is 0. The standard InChI is InChI=1S/C15H20F2O2/c1-4-6-10-18-12-8-9-13(15(17)14(12)16)19-11(3)7-5-2/h5,7-9,11H,4,6,10H2,1-3H3/b7-5+. The second-order valence-electron chi connectivity index (χ2n) is 4.24. The monoisotopic (exact) mass is 270 g/mol. The van der Waals surface area contributed by atoms with Crippen molar-refractivity contribution < 1.29 is 18.3 Å². The van der Waals surface area contributed by atoms with Gasteiger partial charge in [-0.2, -0.15) is 8.78 Å². The minimum Gasteiger partial charge on any atom is -0.490 e. The van der Waals surface area contributed by atoms with E-state index in [0.717, 1.165) is 12.8 Å². The van der Waals surface area contributed by atoms with E-state index in [2.05, 4.69) is 0 Å². The van der Waals surface area contributed by atoms with E-state index in [9.17, 15) is 8.78 Å². The molecule has 0 heterocycles. The van der Waals surface area contributed by atoms with Crippen molar-refractivity contribution >= 4 is 0 Å². The van der Waals surface area contributed by atoms with E-state index >= 15 is 0 Å². The van der Waals surface area contributed by atoms with E-state index in [-0.39, 0.29) is 17.6 Å². The highest BCUT2D eigenvalue weighted by atomic mass is 19.2. The van der Waals surface area contributed by atoms with Crippen molar-refractivity contribution in [1.29, 1.82) is 0 Å². The normalized spacial score (nSPS) is 12.7. The molecule has 0 amide bonds. The van der Waals surface area contributed by atoms with Crippen LogP contribution in [0.25, 0.3) is 0 Å². The fourth-order valence-electron chi connectivity index (χ4n) is 1.55. The van der Waals surface area contributed by atoms with Gasteiger partial charge in [0.25, 0.3) is 0 Å². The molecule has 0 aliphatic rings. The molecule has 0 bridgehead atoms. The third-order valence-electron chi connectivity index (χ3n) is 2.54. The van der Waals surface area contributed by atoms with Crippen molar-refractivity contribution in [3.05, 3.63) is 35.9 Å². The van der Waals surface area contributed by atoms with Crippen LogP contribution in [0.2, 0.25) is 0 Å². The Kier molecular flexibility index (Phi) is 6.33. The van der Waals surface area contributed by atoms with Gasteiger partial charge < -0.3 is 9.47 Å². The van der Waals surface area contributed by atoms with Gasteiger partial charge >= 0.3 is 0 Å². The molecule has 0 aromatic heterocycles. The summed E-state index contributed by atoms with van der Waals surface area (Å²) in [7, 11) is 0. The van der Waals surface area contributed by atoms with Crippen molar-refractivity contribution in [2.24, 2.45) is 0 Å². The Morgan fingerprint density at radius 2 is 1.84 bits per heavy atom. The molecule has 0 saturated carbocycles. The molecule has 0 spiro atoms. The molecule has 0 N–H and O–H groups in total. The van der Waals surface area contributed by atoms with Gasteiger partial charge in [0.15, 0.2) is 11.5 Å². The molecule has 2 nitrogen and oxygen atoms in total. The lowest BCUT2D eigenvalue weighted by molar-refractivity contribution is 0.245. The van der Waals surface area contributed by atoms with Gasteiger partial charge in [-0.1, -0.05) is 19.4 Å². The summed E-state index contributed by atoms with van der Waals surface area (Å²) in [6.07, 6.45) is 4.97. The van der Waals surface area contributed by atoms with E-state index in [1.54, 1.807) is 19.1 Å².